The summed E-state index contributed by atoms with van der Waals surface area (Å²) in [7, 11) is 0. The molecule has 102 valence electrons. The summed E-state index contributed by atoms with van der Waals surface area (Å²) < 4.78 is 0. The van der Waals surface area contributed by atoms with Gasteiger partial charge in [-0.3, -0.25) is 9.98 Å². The first kappa shape index (κ1) is 12.7. The maximum Gasteiger partial charge on any atom is 0.196 e. The van der Waals surface area contributed by atoms with Gasteiger partial charge in [-0.15, -0.1) is 0 Å². The van der Waals surface area contributed by atoms with Crippen molar-refractivity contribution in [3.63, 3.8) is 0 Å². The fraction of sp³-hybridized carbons (Fsp3) is 0.250. The molecule has 20 heavy (non-hydrogen) atoms. The third kappa shape index (κ3) is 2.25. The Morgan fingerprint density at radius 1 is 1.20 bits per heavy atom. The molecule has 0 aliphatic carbocycles. The van der Waals surface area contributed by atoms with Crippen molar-refractivity contribution < 1.29 is 0 Å². The van der Waals surface area contributed by atoms with Crippen molar-refractivity contribution in [2.24, 2.45) is 10.7 Å². The minimum absolute atomic E-state index is 0.130. The summed E-state index contributed by atoms with van der Waals surface area (Å²) in [6.45, 7) is 4.74. The Morgan fingerprint density at radius 3 is 2.75 bits per heavy atom. The molecule has 1 aliphatic heterocycles. The molecule has 0 spiro atoms. The van der Waals surface area contributed by atoms with E-state index in [4.69, 9.17) is 5.73 Å². The van der Waals surface area contributed by atoms with Gasteiger partial charge in [0.1, 0.15) is 0 Å². The maximum atomic E-state index is 6.07. The molecule has 1 atom stereocenters. The Labute approximate surface area is 119 Å². The summed E-state index contributed by atoms with van der Waals surface area (Å²) in [5, 5.41) is 0. The number of nitrogens with two attached hydrogens (primary N) is 1. The van der Waals surface area contributed by atoms with Crippen molar-refractivity contribution in [2.45, 2.75) is 19.9 Å². The van der Waals surface area contributed by atoms with Crippen LogP contribution in [0.25, 0.3) is 0 Å². The molecule has 1 aromatic carbocycles. The van der Waals surface area contributed by atoms with Crippen LogP contribution in [0.4, 0.5) is 5.69 Å². The van der Waals surface area contributed by atoms with Crippen LogP contribution in [0.1, 0.15) is 22.9 Å². The third-order valence-corrected chi connectivity index (χ3v) is 3.58. The highest BCUT2D eigenvalue weighted by atomic mass is 15.3. The van der Waals surface area contributed by atoms with E-state index in [9.17, 15) is 0 Å². The fourth-order valence-corrected chi connectivity index (χ4v) is 2.52. The van der Waals surface area contributed by atoms with Crippen LogP contribution in [0.3, 0.4) is 0 Å². The van der Waals surface area contributed by atoms with Gasteiger partial charge in [0.05, 0.1) is 12.6 Å². The van der Waals surface area contributed by atoms with Gasteiger partial charge in [-0.25, -0.2) is 0 Å². The minimum atomic E-state index is 0.130. The van der Waals surface area contributed by atoms with Gasteiger partial charge in [0.15, 0.2) is 5.96 Å². The Bertz CT molecular complexity index is 646. The average Bonchev–Trinajstić information content (AvgIpc) is 2.81. The highest BCUT2D eigenvalue weighted by molar-refractivity contribution is 5.97. The lowest BCUT2D eigenvalue weighted by Gasteiger charge is -2.26. The number of guanidine groups is 1. The smallest absolute Gasteiger partial charge is 0.196 e. The van der Waals surface area contributed by atoms with Crippen molar-refractivity contribution in [1.82, 2.24) is 4.98 Å². The van der Waals surface area contributed by atoms with Crippen LogP contribution in [0.5, 0.6) is 0 Å². The Balaban J connectivity index is 1.98. The largest absolute Gasteiger partial charge is 0.369 e. The molecular formula is C16H18N4. The molecule has 0 amide bonds. The second kappa shape index (κ2) is 4.96. The fourth-order valence-electron chi connectivity index (χ4n) is 2.52. The standard InChI is InChI=1S/C16H18N4/c1-11-4-3-5-14(8-11)20-15(10-19-16(20)17)13-7-6-12(2)18-9-13/h3-9,15H,10H2,1-2H3,(H2,17,19). The quantitative estimate of drug-likeness (QED) is 0.909. The van der Waals surface area contributed by atoms with E-state index in [2.05, 4.69) is 46.1 Å². The third-order valence-electron chi connectivity index (χ3n) is 3.58. The highest BCUT2D eigenvalue weighted by Gasteiger charge is 2.28. The Hall–Kier alpha value is -2.36. The predicted octanol–water partition coefficient (Wildman–Crippen LogP) is 2.57. The first-order valence-electron chi connectivity index (χ1n) is 6.73. The average molecular weight is 266 g/mol. The number of anilines is 1. The summed E-state index contributed by atoms with van der Waals surface area (Å²) in [6.07, 6.45) is 1.91. The number of benzene rings is 1. The number of aliphatic imine (C=N–C) groups is 1. The van der Waals surface area contributed by atoms with E-state index < -0.39 is 0 Å². The first-order chi connectivity index (χ1) is 9.65. The molecule has 4 nitrogen and oxygen atoms in total. The molecule has 0 saturated carbocycles. The lowest BCUT2D eigenvalue weighted by molar-refractivity contribution is 0.762. The van der Waals surface area contributed by atoms with Gasteiger partial charge in [0.25, 0.3) is 0 Å². The Kier molecular flexibility index (Phi) is 3.14. The van der Waals surface area contributed by atoms with Crippen molar-refractivity contribution in [3.8, 4) is 0 Å². The van der Waals surface area contributed by atoms with E-state index in [1.54, 1.807) is 0 Å². The number of aromatic nitrogens is 1. The SMILES string of the molecule is Cc1cccc(N2C(N)=NCC2c2ccc(C)nc2)c1. The number of pyridine rings is 1. The van der Waals surface area contributed by atoms with Crippen LogP contribution in [-0.2, 0) is 0 Å². The van der Waals surface area contributed by atoms with E-state index in [0.29, 0.717) is 12.5 Å². The van der Waals surface area contributed by atoms with Gasteiger partial charge < -0.3 is 10.6 Å². The van der Waals surface area contributed by atoms with Crippen LogP contribution in [-0.4, -0.2) is 17.5 Å². The van der Waals surface area contributed by atoms with Crippen molar-refractivity contribution in [1.29, 1.82) is 0 Å². The van der Waals surface area contributed by atoms with Crippen LogP contribution in [0.2, 0.25) is 0 Å². The minimum Gasteiger partial charge on any atom is -0.369 e. The first-order valence-corrected chi connectivity index (χ1v) is 6.73. The summed E-state index contributed by atoms with van der Waals surface area (Å²) >= 11 is 0. The second-order valence-electron chi connectivity index (χ2n) is 5.16. The zero-order valence-electron chi connectivity index (χ0n) is 11.7. The summed E-state index contributed by atoms with van der Waals surface area (Å²) in [5.74, 6) is 0.571. The van der Waals surface area contributed by atoms with E-state index in [1.165, 1.54) is 5.56 Å². The van der Waals surface area contributed by atoms with Crippen LogP contribution in [0, 0.1) is 13.8 Å². The maximum absolute atomic E-state index is 6.07. The van der Waals surface area contributed by atoms with Crippen LogP contribution < -0.4 is 10.6 Å². The lowest BCUT2D eigenvalue weighted by atomic mass is 10.1. The lowest BCUT2D eigenvalue weighted by Crippen LogP contribution is -2.36. The van der Waals surface area contributed by atoms with Gasteiger partial charge in [0, 0.05) is 17.6 Å². The van der Waals surface area contributed by atoms with E-state index >= 15 is 0 Å². The van der Waals surface area contributed by atoms with Gasteiger partial charge in [-0.2, -0.15) is 0 Å². The van der Waals surface area contributed by atoms with Gasteiger partial charge in [-0.05, 0) is 43.2 Å². The van der Waals surface area contributed by atoms with Gasteiger partial charge in [0.2, 0.25) is 0 Å². The molecule has 3 rings (SSSR count). The topological polar surface area (TPSA) is 54.5 Å². The molecule has 2 aromatic rings. The number of hydrogen-bond donors (Lipinski definition) is 1. The zero-order chi connectivity index (χ0) is 14.1. The molecule has 4 heteroatoms. The predicted molar refractivity (Wildman–Crippen MR) is 81.9 cm³/mol. The molecule has 0 bridgehead atoms. The number of rotatable bonds is 2. The number of nitrogens with zero attached hydrogens (tertiary/aromatic N) is 3. The normalized spacial score (nSPS) is 18.2. The zero-order valence-corrected chi connectivity index (χ0v) is 11.7. The van der Waals surface area contributed by atoms with E-state index in [-0.39, 0.29) is 6.04 Å². The monoisotopic (exact) mass is 266 g/mol. The molecule has 0 fully saturated rings. The molecule has 2 heterocycles. The molecule has 1 unspecified atom stereocenters. The number of hydrogen-bond acceptors (Lipinski definition) is 4. The molecule has 1 aliphatic rings. The molecular weight excluding hydrogens is 248 g/mol. The van der Waals surface area contributed by atoms with Gasteiger partial charge >= 0.3 is 0 Å². The number of aryl methyl sites for hydroxylation is 2. The Morgan fingerprint density at radius 2 is 2.05 bits per heavy atom. The van der Waals surface area contributed by atoms with Gasteiger partial charge in [-0.1, -0.05) is 18.2 Å². The molecule has 0 saturated heterocycles. The van der Waals surface area contributed by atoms with E-state index in [0.717, 1.165) is 16.9 Å². The van der Waals surface area contributed by atoms with Crippen molar-refractivity contribution in [2.75, 3.05) is 11.4 Å². The second-order valence-corrected chi connectivity index (χ2v) is 5.16. The highest BCUT2D eigenvalue weighted by Crippen LogP contribution is 2.31. The molecule has 1 aromatic heterocycles. The van der Waals surface area contributed by atoms with Crippen molar-refractivity contribution >= 4 is 11.6 Å². The summed E-state index contributed by atoms with van der Waals surface area (Å²) in [4.78, 5) is 10.9. The summed E-state index contributed by atoms with van der Waals surface area (Å²) in [5.41, 5.74) is 10.5. The van der Waals surface area contributed by atoms with Crippen LogP contribution >= 0.6 is 0 Å². The van der Waals surface area contributed by atoms with Crippen molar-refractivity contribution in [3.05, 3.63) is 59.4 Å². The summed E-state index contributed by atoms with van der Waals surface area (Å²) in [6, 6.07) is 12.6. The van der Waals surface area contributed by atoms with Crippen LogP contribution in [0.15, 0.2) is 47.6 Å². The van der Waals surface area contributed by atoms with E-state index in [1.807, 2.05) is 25.3 Å². The molecule has 0 radical (unpaired) electrons. The molecule has 2 N–H and O–H groups in total.